The van der Waals surface area contributed by atoms with Gasteiger partial charge in [0.15, 0.2) is 0 Å². The molecule has 2 fully saturated rings. The summed E-state index contributed by atoms with van der Waals surface area (Å²) >= 11 is 0. The van der Waals surface area contributed by atoms with Gasteiger partial charge in [-0.15, -0.1) is 0 Å². The number of aliphatic hydroxyl groups is 1. The van der Waals surface area contributed by atoms with Crippen LogP contribution in [0.1, 0.15) is 46.0 Å². The van der Waals surface area contributed by atoms with E-state index in [9.17, 15) is 36.2 Å². The lowest BCUT2D eigenvalue weighted by Gasteiger charge is -2.39. The molecule has 1 N–H and O–H groups in total. The molecule has 0 heterocycles. The van der Waals surface area contributed by atoms with Crippen molar-refractivity contribution in [2.45, 2.75) is 69.5 Å². The largest absolute Gasteiger partial charge is 0.456 e. The van der Waals surface area contributed by atoms with Crippen molar-refractivity contribution >= 4 is 5.97 Å². The van der Waals surface area contributed by atoms with Crippen molar-refractivity contribution in [2.24, 2.45) is 17.8 Å². The van der Waals surface area contributed by atoms with Crippen LogP contribution in [0.15, 0.2) is 12.2 Å². The third kappa shape index (κ3) is 3.87. The molecule has 2 rings (SSSR count). The Labute approximate surface area is 147 Å². The maximum Gasteiger partial charge on any atom is 0.426 e. The molecular weight excluding hydrogens is 366 g/mol. The Hall–Kier alpha value is -1.25. The standard InChI is InChI=1S/C17H22F6O3/c1-9(2)13(24)26-14(3)6-10-4-11(7-14)12(5-10)8-15(25,16(18,19)20)17(21,22)23/h10-12,25H,1,4-8H2,2-3H3. The minimum atomic E-state index is -5.81. The van der Waals surface area contributed by atoms with Gasteiger partial charge in [-0.3, -0.25) is 0 Å². The van der Waals surface area contributed by atoms with Gasteiger partial charge >= 0.3 is 18.3 Å². The lowest BCUT2D eigenvalue weighted by Crippen LogP contribution is -2.58. The Kier molecular flexibility index (Phi) is 5.20. The summed E-state index contributed by atoms with van der Waals surface area (Å²) in [4.78, 5) is 11.8. The smallest absolute Gasteiger partial charge is 0.426 e. The van der Waals surface area contributed by atoms with Crippen molar-refractivity contribution in [1.82, 2.24) is 0 Å². The fourth-order valence-electron chi connectivity index (χ4n) is 4.42. The van der Waals surface area contributed by atoms with Crippen molar-refractivity contribution in [3.63, 3.8) is 0 Å². The lowest BCUT2D eigenvalue weighted by atomic mass is 9.75. The number of esters is 1. The molecule has 0 saturated heterocycles. The monoisotopic (exact) mass is 388 g/mol. The van der Waals surface area contributed by atoms with Gasteiger partial charge in [0.25, 0.3) is 5.60 Å². The first-order chi connectivity index (χ1) is 11.6. The Morgan fingerprint density at radius 1 is 1.15 bits per heavy atom. The molecule has 2 saturated carbocycles. The Morgan fingerprint density at radius 2 is 1.69 bits per heavy atom. The number of hydrogen-bond donors (Lipinski definition) is 1. The molecule has 4 atom stereocenters. The van der Waals surface area contributed by atoms with Gasteiger partial charge in [0.05, 0.1) is 0 Å². The van der Waals surface area contributed by atoms with Crippen LogP contribution in [0.25, 0.3) is 0 Å². The second kappa shape index (κ2) is 6.42. The van der Waals surface area contributed by atoms with Crippen molar-refractivity contribution < 1.29 is 41.0 Å². The number of carbonyl (C=O) groups is 1. The van der Waals surface area contributed by atoms with Crippen LogP contribution >= 0.6 is 0 Å². The molecule has 0 aromatic carbocycles. The Bertz CT molecular complexity index is 568. The molecule has 3 nitrogen and oxygen atoms in total. The number of ether oxygens (including phenoxy) is 1. The molecule has 9 heteroatoms. The summed E-state index contributed by atoms with van der Waals surface area (Å²) in [6.45, 7) is 6.56. The van der Waals surface area contributed by atoms with E-state index in [1.54, 1.807) is 6.92 Å². The van der Waals surface area contributed by atoms with E-state index in [1.165, 1.54) is 6.92 Å². The molecule has 4 unspecified atom stereocenters. The van der Waals surface area contributed by atoms with E-state index >= 15 is 0 Å². The third-order valence-corrected chi connectivity index (χ3v) is 5.54. The molecule has 0 spiro atoms. The summed E-state index contributed by atoms with van der Waals surface area (Å²) < 4.78 is 83.2. The van der Waals surface area contributed by atoms with Crippen LogP contribution in [-0.4, -0.2) is 34.6 Å². The number of carbonyl (C=O) groups excluding carboxylic acids is 1. The number of halogens is 6. The van der Waals surface area contributed by atoms with Crippen molar-refractivity contribution in [2.75, 3.05) is 0 Å². The van der Waals surface area contributed by atoms with Gasteiger partial charge in [0.1, 0.15) is 5.60 Å². The molecule has 150 valence electrons. The zero-order chi connectivity index (χ0) is 20.1. The van der Waals surface area contributed by atoms with Crippen LogP contribution in [0.5, 0.6) is 0 Å². The van der Waals surface area contributed by atoms with E-state index in [4.69, 9.17) is 4.74 Å². The fraction of sp³-hybridized carbons (Fsp3) is 0.824. The number of rotatable bonds is 4. The summed E-state index contributed by atoms with van der Waals surface area (Å²) in [6.07, 6.45) is -11.9. The number of fused-ring (bicyclic) bond motifs is 2. The summed E-state index contributed by atoms with van der Waals surface area (Å²) in [5.74, 6) is -2.20. The summed E-state index contributed by atoms with van der Waals surface area (Å²) in [5.41, 5.74) is -5.51. The third-order valence-electron chi connectivity index (χ3n) is 5.54. The first-order valence-electron chi connectivity index (χ1n) is 8.33. The maximum atomic E-state index is 13.0. The molecule has 2 aliphatic carbocycles. The number of alkyl halides is 6. The van der Waals surface area contributed by atoms with Gasteiger partial charge in [0, 0.05) is 5.57 Å². The van der Waals surface area contributed by atoms with Gasteiger partial charge in [0.2, 0.25) is 0 Å². The SMILES string of the molecule is C=C(C)C(=O)OC1(C)CC2CC(C1)C(CC(O)(C(F)(F)F)C(F)(F)F)C2. The minimum Gasteiger partial charge on any atom is -0.456 e. The van der Waals surface area contributed by atoms with Crippen LogP contribution in [-0.2, 0) is 9.53 Å². The highest BCUT2D eigenvalue weighted by Crippen LogP contribution is 2.56. The first-order valence-corrected chi connectivity index (χ1v) is 8.33. The minimum absolute atomic E-state index is 0.138. The van der Waals surface area contributed by atoms with E-state index in [2.05, 4.69) is 6.58 Å². The average Bonchev–Trinajstić information content (AvgIpc) is 2.70. The molecule has 0 radical (unpaired) electrons. The molecule has 0 amide bonds. The van der Waals surface area contributed by atoms with Gasteiger partial charge in [-0.05, 0) is 63.7 Å². The summed E-state index contributed by atoms with van der Waals surface area (Å²) in [7, 11) is 0. The van der Waals surface area contributed by atoms with Gasteiger partial charge < -0.3 is 9.84 Å². The van der Waals surface area contributed by atoms with E-state index in [0.717, 1.165) is 0 Å². The molecule has 0 aromatic heterocycles. The fourth-order valence-corrected chi connectivity index (χ4v) is 4.42. The second-order valence-corrected chi connectivity index (χ2v) is 7.95. The molecular formula is C17H22F6O3. The van der Waals surface area contributed by atoms with Crippen LogP contribution in [0.4, 0.5) is 26.3 Å². The predicted molar refractivity (Wildman–Crippen MR) is 79.9 cm³/mol. The van der Waals surface area contributed by atoms with E-state index in [0.29, 0.717) is 12.8 Å². The quantitative estimate of drug-likeness (QED) is 0.437. The normalized spacial score (nSPS) is 32.4. The van der Waals surface area contributed by atoms with Gasteiger partial charge in [-0.1, -0.05) is 6.58 Å². The van der Waals surface area contributed by atoms with Crippen LogP contribution in [0, 0.1) is 17.8 Å². The average molecular weight is 388 g/mol. The second-order valence-electron chi connectivity index (χ2n) is 7.95. The molecule has 2 bridgehead atoms. The topological polar surface area (TPSA) is 46.5 Å². The number of hydrogen-bond acceptors (Lipinski definition) is 3. The van der Waals surface area contributed by atoms with E-state index < -0.39 is 47.8 Å². The highest BCUT2D eigenvalue weighted by molar-refractivity contribution is 5.87. The van der Waals surface area contributed by atoms with Crippen LogP contribution in [0.3, 0.4) is 0 Å². The Morgan fingerprint density at radius 3 is 2.15 bits per heavy atom. The van der Waals surface area contributed by atoms with Crippen molar-refractivity contribution in [1.29, 1.82) is 0 Å². The lowest BCUT2D eigenvalue weighted by molar-refractivity contribution is -0.373. The van der Waals surface area contributed by atoms with E-state index in [1.807, 2.05) is 0 Å². The van der Waals surface area contributed by atoms with Crippen LogP contribution < -0.4 is 0 Å². The molecule has 0 aliphatic heterocycles. The van der Waals surface area contributed by atoms with E-state index in [-0.39, 0.29) is 24.3 Å². The summed E-state index contributed by atoms with van der Waals surface area (Å²) in [6, 6.07) is 0. The molecule has 0 aromatic rings. The van der Waals surface area contributed by atoms with Crippen LogP contribution in [0.2, 0.25) is 0 Å². The zero-order valence-corrected chi connectivity index (χ0v) is 14.5. The van der Waals surface area contributed by atoms with Crippen molar-refractivity contribution in [3.05, 3.63) is 12.2 Å². The highest BCUT2D eigenvalue weighted by atomic mass is 19.4. The maximum absolute atomic E-state index is 13.0. The Balaban J connectivity index is 2.17. The first kappa shape index (κ1) is 21.1. The molecule has 26 heavy (non-hydrogen) atoms. The zero-order valence-electron chi connectivity index (χ0n) is 14.5. The summed E-state index contributed by atoms with van der Waals surface area (Å²) in [5, 5.41) is 9.47. The molecule has 2 aliphatic rings. The highest BCUT2D eigenvalue weighted by Gasteiger charge is 2.71. The van der Waals surface area contributed by atoms with Gasteiger partial charge in [-0.2, -0.15) is 26.3 Å². The van der Waals surface area contributed by atoms with Gasteiger partial charge in [-0.25, -0.2) is 4.79 Å². The van der Waals surface area contributed by atoms with Crippen molar-refractivity contribution in [3.8, 4) is 0 Å². The predicted octanol–water partition coefficient (Wildman–Crippen LogP) is 4.55.